The van der Waals surface area contributed by atoms with E-state index in [9.17, 15) is 10.2 Å². The fourth-order valence-corrected chi connectivity index (χ4v) is 5.31. The minimum Gasteiger partial charge on any atom is -0.507 e. The SMILES string of the molecule is CCCCC(CC)COc1ccc(-c2nc(-c3ccc(OC)cc3)nc(-c3cccc(OCC(CC)CCCC)c3O)n2)c(O)c1. The average Bonchev–Trinajstić information content (AvgIpc) is 3.09. The summed E-state index contributed by atoms with van der Waals surface area (Å²) in [6.07, 6.45) is 8.87. The molecule has 0 saturated heterocycles. The number of benzene rings is 3. The number of unbranched alkanes of at least 4 members (excludes halogenated alkanes) is 2. The van der Waals surface area contributed by atoms with Crippen LogP contribution in [0.25, 0.3) is 34.2 Å². The number of para-hydroxylation sites is 1. The molecule has 0 aliphatic rings. The molecule has 0 saturated carbocycles. The van der Waals surface area contributed by atoms with Gasteiger partial charge in [-0.1, -0.05) is 72.3 Å². The Morgan fingerprint density at radius 1 is 0.652 bits per heavy atom. The second-order valence-electron chi connectivity index (χ2n) is 11.8. The maximum atomic E-state index is 11.4. The third-order valence-electron chi connectivity index (χ3n) is 8.48. The number of ether oxygens (including phenoxy) is 3. The van der Waals surface area contributed by atoms with E-state index in [1.807, 2.05) is 36.4 Å². The van der Waals surface area contributed by atoms with Crippen LogP contribution in [0.15, 0.2) is 60.7 Å². The summed E-state index contributed by atoms with van der Waals surface area (Å²) in [6.45, 7) is 9.84. The first-order chi connectivity index (χ1) is 22.4. The van der Waals surface area contributed by atoms with E-state index in [0.29, 0.717) is 59.2 Å². The van der Waals surface area contributed by atoms with Crippen LogP contribution in [0.3, 0.4) is 0 Å². The third kappa shape index (κ3) is 9.12. The minimum absolute atomic E-state index is 0.00377. The molecule has 4 aromatic rings. The van der Waals surface area contributed by atoms with Crippen LogP contribution in [0.4, 0.5) is 0 Å². The first kappa shape index (κ1) is 34.5. The molecule has 246 valence electrons. The number of nitrogens with zero attached hydrogens (tertiary/aromatic N) is 3. The summed E-state index contributed by atoms with van der Waals surface area (Å²) >= 11 is 0. The smallest absolute Gasteiger partial charge is 0.168 e. The van der Waals surface area contributed by atoms with E-state index in [-0.39, 0.29) is 23.1 Å². The highest BCUT2D eigenvalue weighted by Gasteiger charge is 2.20. The lowest BCUT2D eigenvalue weighted by molar-refractivity contribution is 0.226. The number of methoxy groups -OCH3 is 1. The van der Waals surface area contributed by atoms with Crippen LogP contribution in [-0.4, -0.2) is 45.5 Å². The van der Waals surface area contributed by atoms with Crippen LogP contribution in [0.2, 0.25) is 0 Å². The molecule has 0 radical (unpaired) electrons. The van der Waals surface area contributed by atoms with Gasteiger partial charge in [0.25, 0.3) is 0 Å². The Bertz CT molecular complexity index is 1530. The molecule has 0 spiro atoms. The highest BCUT2D eigenvalue weighted by atomic mass is 16.5. The monoisotopic (exact) mass is 627 g/mol. The molecule has 4 rings (SSSR count). The molecule has 8 nitrogen and oxygen atoms in total. The van der Waals surface area contributed by atoms with Gasteiger partial charge in [0.2, 0.25) is 0 Å². The van der Waals surface area contributed by atoms with E-state index in [1.54, 1.807) is 31.4 Å². The molecule has 46 heavy (non-hydrogen) atoms. The zero-order valence-electron chi connectivity index (χ0n) is 28.0. The molecule has 0 bridgehead atoms. The number of phenols is 2. The van der Waals surface area contributed by atoms with E-state index in [4.69, 9.17) is 29.2 Å². The molecule has 0 aliphatic heterocycles. The summed E-state index contributed by atoms with van der Waals surface area (Å²) < 4.78 is 17.5. The van der Waals surface area contributed by atoms with Gasteiger partial charge < -0.3 is 24.4 Å². The van der Waals surface area contributed by atoms with Gasteiger partial charge in [-0.3, -0.25) is 0 Å². The van der Waals surface area contributed by atoms with E-state index in [0.717, 1.165) is 50.5 Å². The summed E-state index contributed by atoms with van der Waals surface area (Å²) in [7, 11) is 1.61. The van der Waals surface area contributed by atoms with Crippen molar-refractivity contribution in [3.63, 3.8) is 0 Å². The minimum atomic E-state index is -0.0350. The quantitative estimate of drug-likeness (QED) is 0.112. The zero-order valence-corrected chi connectivity index (χ0v) is 28.0. The standard InChI is InChI=1S/C38H49N3O5/c1-6-10-13-26(8-3)24-45-30-21-22-31(33(42)23-30)37-39-36(28-17-19-29(44-5)20-18-28)40-38(41-37)32-15-12-16-34(35(32)43)46-25-27(9-4)14-11-7-2/h12,15-23,26-27,42-43H,6-11,13-14,24-25H2,1-5H3. The maximum absolute atomic E-state index is 11.4. The van der Waals surface area contributed by atoms with Gasteiger partial charge in [0.15, 0.2) is 29.0 Å². The Kier molecular flexibility index (Phi) is 13.1. The van der Waals surface area contributed by atoms with Crippen LogP contribution in [-0.2, 0) is 0 Å². The number of aromatic hydroxyl groups is 2. The average molecular weight is 628 g/mol. The van der Waals surface area contributed by atoms with Crippen molar-refractivity contribution in [1.82, 2.24) is 15.0 Å². The first-order valence-corrected chi connectivity index (χ1v) is 16.7. The summed E-state index contributed by atoms with van der Waals surface area (Å²) in [5, 5.41) is 22.5. The van der Waals surface area contributed by atoms with E-state index in [2.05, 4.69) is 27.7 Å². The molecule has 0 fully saturated rings. The molecule has 8 heteroatoms. The molecule has 1 aromatic heterocycles. The topological polar surface area (TPSA) is 107 Å². The normalized spacial score (nSPS) is 12.5. The number of hydrogen-bond donors (Lipinski definition) is 2. The zero-order chi connectivity index (χ0) is 32.9. The van der Waals surface area contributed by atoms with E-state index in [1.165, 1.54) is 6.42 Å². The third-order valence-corrected chi connectivity index (χ3v) is 8.48. The van der Waals surface area contributed by atoms with Gasteiger partial charge >= 0.3 is 0 Å². The van der Waals surface area contributed by atoms with Crippen molar-refractivity contribution in [2.45, 2.75) is 79.1 Å². The van der Waals surface area contributed by atoms with Crippen LogP contribution >= 0.6 is 0 Å². The van der Waals surface area contributed by atoms with Crippen molar-refractivity contribution >= 4 is 0 Å². The van der Waals surface area contributed by atoms with Crippen molar-refractivity contribution in [1.29, 1.82) is 0 Å². The van der Waals surface area contributed by atoms with Gasteiger partial charge in [0.1, 0.15) is 17.2 Å². The molecule has 0 amide bonds. The molecule has 3 aromatic carbocycles. The van der Waals surface area contributed by atoms with Crippen LogP contribution in [0, 0.1) is 11.8 Å². The van der Waals surface area contributed by atoms with Crippen molar-refractivity contribution in [2.75, 3.05) is 20.3 Å². The summed E-state index contributed by atoms with van der Waals surface area (Å²) in [6, 6.07) is 17.9. The highest BCUT2D eigenvalue weighted by Crippen LogP contribution is 2.38. The lowest BCUT2D eigenvalue weighted by Crippen LogP contribution is -2.11. The molecule has 1 heterocycles. The van der Waals surface area contributed by atoms with Crippen molar-refractivity contribution in [3.05, 3.63) is 60.7 Å². The Balaban J connectivity index is 1.69. The fraction of sp³-hybridized carbons (Fsp3) is 0.447. The molecular formula is C38H49N3O5. The molecule has 2 unspecified atom stereocenters. The van der Waals surface area contributed by atoms with Gasteiger partial charge in [-0.05, 0) is 73.2 Å². The van der Waals surface area contributed by atoms with Gasteiger partial charge in [-0.2, -0.15) is 0 Å². The van der Waals surface area contributed by atoms with Crippen molar-refractivity contribution < 1.29 is 24.4 Å². The molecule has 2 atom stereocenters. The lowest BCUT2D eigenvalue weighted by Gasteiger charge is -2.17. The Morgan fingerprint density at radius 2 is 1.24 bits per heavy atom. The highest BCUT2D eigenvalue weighted by molar-refractivity contribution is 5.74. The number of aromatic nitrogens is 3. The number of rotatable bonds is 18. The molecule has 0 aliphatic carbocycles. The summed E-state index contributed by atoms with van der Waals surface area (Å²) in [4.78, 5) is 14.2. The Morgan fingerprint density at radius 3 is 1.83 bits per heavy atom. The largest absolute Gasteiger partial charge is 0.507 e. The second kappa shape index (κ2) is 17.4. The Hall–Kier alpha value is -4.33. The van der Waals surface area contributed by atoms with Gasteiger partial charge in [0.05, 0.1) is 31.5 Å². The number of phenolic OH excluding ortho intramolecular Hbond substituents is 2. The van der Waals surface area contributed by atoms with Gasteiger partial charge in [-0.15, -0.1) is 0 Å². The van der Waals surface area contributed by atoms with Gasteiger partial charge in [0, 0.05) is 11.6 Å². The predicted octanol–water partition coefficient (Wildman–Crippen LogP) is 9.48. The van der Waals surface area contributed by atoms with E-state index < -0.39 is 0 Å². The summed E-state index contributed by atoms with van der Waals surface area (Å²) in [5.74, 6) is 3.44. The molecular weight excluding hydrogens is 578 g/mol. The fourth-order valence-electron chi connectivity index (χ4n) is 5.31. The molecule has 2 N–H and O–H groups in total. The van der Waals surface area contributed by atoms with Crippen molar-refractivity contribution in [2.24, 2.45) is 11.8 Å². The van der Waals surface area contributed by atoms with Crippen LogP contribution < -0.4 is 14.2 Å². The number of hydrogen-bond acceptors (Lipinski definition) is 8. The van der Waals surface area contributed by atoms with Crippen LogP contribution in [0.1, 0.15) is 79.1 Å². The predicted molar refractivity (Wildman–Crippen MR) is 184 cm³/mol. The second-order valence-corrected chi connectivity index (χ2v) is 11.8. The maximum Gasteiger partial charge on any atom is 0.168 e. The summed E-state index contributed by atoms with van der Waals surface area (Å²) in [5.41, 5.74) is 1.57. The van der Waals surface area contributed by atoms with E-state index >= 15 is 0 Å². The van der Waals surface area contributed by atoms with Crippen LogP contribution in [0.5, 0.6) is 28.7 Å². The lowest BCUT2D eigenvalue weighted by atomic mass is 10.0. The first-order valence-electron chi connectivity index (χ1n) is 16.7. The Labute approximate surface area is 273 Å². The van der Waals surface area contributed by atoms with Crippen molar-refractivity contribution in [3.8, 4) is 62.9 Å². The van der Waals surface area contributed by atoms with Gasteiger partial charge in [-0.25, -0.2) is 15.0 Å².